The van der Waals surface area contributed by atoms with Crippen LogP contribution < -0.4 is 0 Å². The van der Waals surface area contributed by atoms with E-state index < -0.39 is 18.3 Å². The molecule has 0 aliphatic carbocycles. The first-order valence-corrected chi connectivity index (χ1v) is 5.89. The number of ether oxygens (including phenoxy) is 1. The monoisotopic (exact) mass is 273 g/mol. The second-order valence-corrected chi connectivity index (χ2v) is 4.58. The second kappa shape index (κ2) is 6.23. The summed E-state index contributed by atoms with van der Waals surface area (Å²) in [4.78, 5) is 0. The van der Waals surface area contributed by atoms with E-state index in [0.29, 0.717) is 15.6 Å². The normalized spacial score (nSPS) is 16.0. The van der Waals surface area contributed by atoms with Crippen LogP contribution in [0.2, 0.25) is 10.0 Å². The fourth-order valence-electron chi connectivity index (χ4n) is 1.19. The summed E-state index contributed by atoms with van der Waals surface area (Å²) in [6.07, 6.45) is -1.85. The number of aliphatic hydroxyl groups excluding tert-OH is 1. The third-order valence-electron chi connectivity index (χ3n) is 2.39. The summed E-state index contributed by atoms with van der Waals surface area (Å²) in [7, 11) is 0. The average molecular weight is 274 g/mol. The van der Waals surface area contributed by atoms with E-state index in [0.717, 1.165) is 0 Å². The lowest BCUT2D eigenvalue weighted by Gasteiger charge is -2.19. The Balaban J connectivity index is 2.87. The third-order valence-corrected chi connectivity index (χ3v) is 3.13. The lowest BCUT2D eigenvalue weighted by atomic mass is 10.1. The molecule has 5 heteroatoms. The van der Waals surface area contributed by atoms with Crippen molar-refractivity contribution in [1.82, 2.24) is 0 Å². The molecule has 3 unspecified atom stereocenters. The van der Waals surface area contributed by atoms with E-state index in [2.05, 4.69) is 0 Å². The average Bonchev–Trinajstić information content (AvgIpc) is 2.29. The lowest BCUT2D eigenvalue weighted by Crippen LogP contribution is -2.24. The molecule has 0 saturated carbocycles. The molecule has 0 bridgehead atoms. The molecule has 0 spiro atoms. The van der Waals surface area contributed by atoms with Gasteiger partial charge in [-0.3, -0.25) is 0 Å². The Bertz CT molecular complexity index is 429. The second-order valence-electron chi connectivity index (χ2n) is 3.76. The summed E-state index contributed by atoms with van der Waals surface area (Å²) in [5.74, 6) is 0. The number of halogens is 2. The Morgan fingerprint density at radius 3 is 2.41 bits per heavy atom. The first-order valence-electron chi connectivity index (χ1n) is 5.13. The van der Waals surface area contributed by atoms with Crippen LogP contribution >= 0.6 is 23.2 Å². The maximum absolute atomic E-state index is 9.33. The standard InChI is InChI=1S/C12H13Cl2NO2/c1-7(16)8(2)17-12(6-15)9-3-4-10(13)11(14)5-9/h3-5,7-8,12,16H,1-2H3. The molecule has 17 heavy (non-hydrogen) atoms. The maximum atomic E-state index is 9.33. The molecule has 0 saturated heterocycles. The molecule has 0 aromatic heterocycles. The van der Waals surface area contributed by atoms with Crippen molar-refractivity contribution in [3.63, 3.8) is 0 Å². The Hall–Kier alpha value is -0.790. The molecule has 0 fully saturated rings. The van der Waals surface area contributed by atoms with E-state index in [4.69, 9.17) is 33.2 Å². The van der Waals surface area contributed by atoms with Gasteiger partial charge in [-0.05, 0) is 31.5 Å². The van der Waals surface area contributed by atoms with Gasteiger partial charge in [-0.1, -0.05) is 29.3 Å². The fourth-order valence-corrected chi connectivity index (χ4v) is 1.49. The van der Waals surface area contributed by atoms with Crippen molar-refractivity contribution in [3.05, 3.63) is 33.8 Å². The lowest BCUT2D eigenvalue weighted by molar-refractivity contribution is -0.0426. The number of nitrogens with zero attached hydrogens (tertiary/aromatic N) is 1. The molecule has 0 radical (unpaired) electrons. The number of hydrogen-bond donors (Lipinski definition) is 1. The zero-order valence-corrected chi connectivity index (χ0v) is 11.0. The Morgan fingerprint density at radius 1 is 1.29 bits per heavy atom. The molecule has 92 valence electrons. The fraction of sp³-hybridized carbons (Fsp3) is 0.417. The zero-order valence-electron chi connectivity index (χ0n) is 9.52. The molecule has 0 amide bonds. The van der Waals surface area contributed by atoms with Crippen molar-refractivity contribution in [2.45, 2.75) is 32.2 Å². The summed E-state index contributed by atoms with van der Waals surface area (Å²) in [6.45, 7) is 3.31. The summed E-state index contributed by atoms with van der Waals surface area (Å²) in [6, 6.07) is 6.89. The van der Waals surface area contributed by atoms with Gasteiger partial charge in [0.2, 0.25) is 0 Å². The third kappa shape index (κ3) is 3.86. The molecular weight excluding hydrogens is 261 g/mol. The van der Waals surface area contributed by atoms with E-state index in [1.54, 1.807) is 32.0 Å². The summed E-state index contributed by atoms with van der Waals surface area (Å²) in [5, 5.41) is 19.2. The van der Waals surface area contributed by atoms with Crippen LogP contribution in [0.4, 0.5) is 0 Å². The quantitative estimate of drug-likeness (QED) is 0.916. The number of hydrogen-bond acceptors (Lipinski definition) is 3. The predicted molar refractivity (Wildman–Crippen MR) is 67.0 cm³/mol. The van der Waals surface area contributed by atoms with E-state index in [1.807, 2.05) is 6.07 Å². The van der Waals surface area contributed by atoms with Crippen molar-refractivity contribution >= 4 is 23.2 Å². The number of rotatable bonds is 4. The highest BCUT2D eigenvalue weighted by Gasteiger charge is 2.18. The van der Waals surface area contributed by atoms with E-state index in [9.17, 15) is 5.11 Å². The Kier molecular flexibility index (Phi) is 5.23. The number of aliphatic hydroxyl groups is 1. The van der Waals surface area contributed by atoms with Gasteiger partial charge in [-0.25, -0.2) is 0 Å². The van der Waals surface area contributed by atoms with E-state index in [1.165, 1.54) is 0 Å². The van der Waals surface area contributed by atoms with Crippen molar-refractivity contribution < 1.29 is 9.84 Å². The van der Waals surface area contributed by atoms with Gasteiger partial charge in [0.15, 0.2) is 6.10 Å². The summed E-state index contributed by atoms with van der Waals surface area (Å²) < 4.78 is 5.43. The van der Waals surface area contributed by atoms with E-state index in [-0.39, 0.29) is 0 Å². The van der Waals surface area contributed by atoms with Gasteiger partial charge < -0.3 is 9.84 Å². The minimum absolute atomic E-state index is 0.373. The van der Waals surface area contributed by atoms with Crippen molar-refractivity contribution in [2.24, 2.45) is 0 Å². The largest absolute Gasteiger partial charge is 0.391 e. The van der Waals surface area contributed by atoms with Gasteiger partial charge in [0.1, 0.15) is 0 Å². The molecule has 0 heterocycles. The van der Waals surface area contributed by atoms with Crippen LogP contribution in [0, 0.1) is 11.3 Å². The Morgan fingerprint density at radius 2 is 1.94 bits per heavy atom. The number of benzene rings is 1. The topological polar surface area (TPSA) is 53.2 Å². The van der Waals surface area contributed by atoms with Gasteiger partial charge in [0.25, 0.3) is 0 Å². The van der Waals surface area contributed by atoms with Gasteiger partial charge in [-0.15, -0.1) is 0 Å². The minimum atomic E-state index is -0.769. The zero-order chi connectivity index (χ0) is 13.0. The number of nitriles is 1. The first kappa shape index (κ1) is 14.3. The Labute approximate surface area is 111 Å². The molecule has 3 nitrogen and oxygen atoms in total. The van der Waals surface area contributed by atoms with Crippen LogP contribution in [-0.4, -0.2) is 17.3 Å². The van der Waals surface area contributed by atoms with Gasteiger partial charge in [-0.2, -0.15) is 5.26 Å². The summed E-state index contributed by atoms with van der Waals surface area (Å²) >= 11 is 11.7. The highest BCUT2D eigenvalue weighted by Crippen LogP contribution is 2.27. The molecule has 1 N–H and O–H groups in total. The molecular formula is C12H13Cl2NO2. The molecule has 0 aliphatic rings. The highest BCUT2D eigenvalue weighted by molar-refractivity contribution is 6.42. The van der Waals surface area contributed by atoms with Gasteiger partial charge in [0.05, 0.1) is 28.3 Å². The SMILES string of the molecule is CC(O)C(C)OC(C#N)c1ccc(Cl)c(Cl)c1. The van der Waals surface area contributed by atoms with Crippen LogP contribution in [0.1, 0.15) is 25.5 Å². The van der Waals surface area contributed by atoms with Crippen LogP contribution in [0.5, 0.6) is 0 Å². The summed E-state index contributed by atoms with van der Waals surface area (Å²) in [5.41, 5.74) is 0.620. The maximum Gasteiger partial charge on any atom is 0.169 e. The minimum Gasteiger partial charge on any atom is -0.391 e. The van der Waals surface area contributed by atoms with E-state index >= 15 is 0 Å². The molecule has 3 atom stereocenters. The van der Waals surface area contributed by atoms with Crippen molar-refractivity contribution in [2.75, 3.05) is 0 Å². The molecule has 1 rings (SSSR count). The van der Waals surface area contributed by atoms with Crippen molar-refractivity contribution in [3.8, 4) is 6.07 Å². The first-order chi connectivity index (χ1) is 7.95. The van der Waals surface area contributed by atoms with Crippen LogP contribution in [0.25, 0.3) is 0 Å². The van der Waals surface area contributed by atoms with Crippen molar-refractivity contribution in [1.29, 1.82) is 5.26 Å². The van der Waals surface area contributed by atoms with Gasteiger partial charge in [0, 0.05) is 0 Å². The van der Waals surface area contributed by atoms with Crippen LogP contribution in [-0.2, 0) is 4.74 Å². The van der Waals surface area contributed by atoms with Crippen LogP contribution in [0.15, 0.2) is 18.2 Å². The van der Waals surface area contributed by atoms with Crippen LogP contribution in [0.3, 0.4) is 0 Å². The van der Waals surface area contributed by atoms with Gasteiger partial charge >= 0.3 is 0 Å². The molecule has 1 aromatic rings. The highest BCUT2D eigenvalue weighted by atomic mass is 35.5. The smallest absolute Gasteiger partial charge is 0.169 e. The molecule has 1 aromatic carbocycles. The molecule has 0 aliphatic heterocycles. The predicted octanol–water partition coefficient (Wildman–Crippen LogP) is 3.34.